The maximum absolute atomic E-state index is 13.1. The van der Waals surface area contributed by atoms with Crippen LogP contribution in [0, 0.1) is 15.9 Å². The van der Waals surface area contributed by atoms with Gasteiger partial charge in [-0.25, -0.2) is 9.37 Å². The second-order valence-electron chi connectivity index (χ2n) is 3.50. The van der Waals surface area contributed by atoms with Crippen LogP contribution in [0.2, 0.25) is 15.3 Å². The molecule has 0 bridgehead atoms. The molecule has 2 rings (SSSR count). The summed E-state index contributed by atoms with van der Waals surface area (Å²) in [6.07, 6.45) is 0.934. The third-order valence-electron chi connectivity index (χ3n) is 2.19. The number of hydrogen-bond donors (Lipinski definition) is 1. The molecule has 2 aromatic rings. The summed E-state index contributed by atoms with van der Waals surface area (Å²) in [4.78, 5) is 17.4. The second-order valence-corrected chi connectivity index (χ2v) is 4.65. The van der Waals surface area contributed by atoms with Gasteiger partial charge in [0, 0.05) is 0 Å². The molecule has 0 aliphatic rings. The molecule has 6 nitrogen and oxygen atoms in total. The number of nitrogens with one attached hydrogen (secondary N) is 1. The number of halogens is 4. The topological polar surface area (TPSA) is 81.0 Å². The minimum absolute atomic E-state index is 0.0565. The van der Waals surface area contributed by atoms with Crippen molar-refractivity contribution < 1.29 is 9.31 Å². The smallest absolute Gasteiger partial charge is 0.329 e. The predicted molar refractivity (Wildman–Crippen MR) is 73.4 cm³/mol. The van der Waals surface area contributed by atoms with Crippen LogP contribution in [0.4, 0.5) is 21.6 Å². The lowest BCUT2D eigenvalue weighted by Gasteiger charge is -2.10. The van der Waals surface area contributed by atoms with Gasteiger partial charge in [-0.3, -0.25) is 10.1 Å². The number of anilines is 2. The summed E-state index contributed by atoms with van der Waals surface area (Å²) >= 11 is 17.2. The minimum atomic E-state index is -0.704. The van der Waals surface area contributed by atoms with Crippen molar-refractivity contribution in [1.29, 1.82) is 0 Å². The summed E-state index contributed by atoms with van der Waals surface area (Å²) in [5.41, 5.74) is -0.349. The van der Waals surface area contributed by atoms with Gasteiger partial charge in [-0.15, -0.1) is 0 Å². The Kier molecular flexibility index (Phi) is 4.22. The van der Waals surface area contributed by atoms with Crippen molar-refractivity contribution in [3.63, 3.8) is 0 Å². The van der Waals surface area contributed by atoms with Crippen LogP contribution in [0.3, 0.4) is 0 Å². The predicted octanol–water partition coefficient (Wildman–Crippen LogP) is 4.23. The molecule has 0 spiro atoms. The van der Waals surface area contributed by atoms with Gasteiger partial charge in [0.05, 0.1) is 20.7 Å². The molecule has 0 unspecified atom stereocenters. The molecule has 0 amide bonds. The highest BCUT2D eigenvalue weighted by molar-refractivity contribution is 6.39. The number of rotatable bonds is 3. The van der Waals surface area contributed by atoms with E-state index < -0.39 is 16.4 Å². The van der Waals surface area contributed by atoms with Gasteiger partial charge >= 0.3 is 5.69 Å². The molecule has 1 aromatic carbocycles. The first kappa shape index (κ1) is 14.7. The number of aromatic nitrogens is 2. The van der Waals surface area contributed by atoms with E-state index in [9.17, 15) is 14.5 Å². The van der Waals surface area contributed by atoms with Crippen molar-refractivity contribution in [1.82, 2.24) is 9.97 Å². The summed E-state index contributed by atoms with van der Waals surface area (Å²) < 4.78 is 13.1. The molecule has 0 aliphatic carbocycles. The lowest BCUT2D eigenvalue weighted by Crippen LogP contribution is -2.02. The van der Waals surface area contributed by atoms with Crippen LogP contribution in [0.1, 0.15) is 0 Å². The van der Waals surface area contributed by atoms with E-state index in [1.54, 1.807) is 0 Å². The number of nitro groups is 1. The molecule has 20 heavy (non-hydrogen) atoms. The van der Waals surface area contributed by atoms with E-state index in [-0.39, 0.29) is 26.8 Å². The molecule has 1 aromatic heterocycles. The van der Waals surface area contributed by atoms with Gasteiger partial charge in [0.25, 0.3) is 0 Å². The lowest BCUT2D eigenvalue weighted by atomic mass is 10.3. The Bertz CT molecular complexity index is 675. The van der Waals surface area contributed by atoms with E-state index in [4.69, 9.17) is 34.8 Å². The first-order valence-electron chi connectivity index (χ1n) is 4.97. The van der Waals surface area contributed by atoms with E-state index in [1.165, 1.54) is 0 Å². The first-order chi connectivity index (χ1) is 9.38. The van der Waals surface area contributed by atoms with E-state index in [0.29, 0.717) is 0 Å². The zero-order valence-corrected chi connectivity index (χ0v) is 11.7. The molecule has 0 saturated carbocycles. The molecule has 1 N–H and O–H groups in total. The summed E-state index contributed by atoms with van der Waals surface area (Å²) in [6.45, 7) is 0. The Morgan fingerprint density at radius 3 is 2.40 bits per heavy atom. The van der Waals surface area contributed by atoms with Gasteiger partial charge in [0.2, 0.25) is 11.1 Å². The third-order valence-corrected chi connectivity index (χ3v) is 2.97. The van der Waals surface area contributed by atoms with Crippen molar-refractivity contribution in [3.05, 3.63) is 49.6 Å². The monoisotopic (exact) mass is 336 g/mol. The SMILES string of the molecule is O=[N+]([O-])c1cnc(Cl)nc1Nc1c(Cl)cc(F)cc1Cl. The standard InChI is InChI=1S/C10H4Cl3FN4O2/c11-5-1-4(14)2-6(12)8(5)16-9-7(18(19)20)3-15-10(13)17-9/h1-3H,(H,15,16,17). The van der Waals surface area contributed by atoms with Gasteiger partial charge < -0.3 is 5.32 Å². The molecule has 104 valence electrons. The van der Waals surface area contributed by atoms with Crippen molar-refractivity contribution >= 4 is 52.0 Å². The van der Waals surface area contributed by atoms with Crippen LogP contribution in [-0.4, -0.2) is 14.9 Å². The quantitative estimate of drug-likeness (QED) is 0.515. The van der Waals surface area contributed by atoms with Gasteiger partial charge in [0.15, 0.2) is 0 Å². The van der Waals surface area contributed by atoms with E-state index in [0.717, 1.165) is 18.3 Å². The van der Waals surface area contributed by atoms with Crippen LogP contribution in [0.25, 0.3) is 0 Å². The van der Waals surface area contributed by atoms with Crippen LogP contribution >= 0.6 is 34.8 Å². The summed E-state index contributed by atoms with van der Waals surface area (Å²) in [6, 6.07) is 2.01. The highest BCUT2D eigenvalue weighted by Crippen LogP contribution is 2.35. The van der Waals surface area contributed by atoms with Crippen LogP contribution in [-0.2, 0) is 0 Å². The fraction of sp³-hybridized carbons (Fsp3) is 0. The molecule has 0 saturated heterocycles. The van der Waals surface area contributed by atoms with Gasteiger partial charge in [-0.1, -0.05) is 23.2 Å². The average Bonchev–Trinajstić information content (AvgIpc) is 2.33. The molecular weight excluding hydrogens is 333 g/mol. The second kappa shape index (κ2) is 5.74. The molecule has 0 fully saturated rings. The number of benzene rings is 1. The summed E-state index contributed by atoms with van der Waals surface area (Å²) in [5, 5.41) is 13.1. The fourth-order valence-electron chi connectivity index (χ4n) is 1.36. The van der Waals surface area contributed by atoms with Crippen LogP contribution in [0.15, 0.2) is 18.3 Å². The minimum Gasteiger partial charge on any atom is -0.332 e. The third kappa shape index (κ3) is 3.06. The Labute approximate surface area is 126 Å². The average molecular weight is 338 g/mol. The van der Waals surface area contributed by atoms with E-state index in [2.05, 4.69) is 15.3 Å². The van der Waals surface area contributed by atoms with E-state index >= 15 is 0 Å². The highest BCUT2D eigenvalue weighted by Gasteiger charge is 2.19. The normalized spacial score (nSPS) is 10.4. The molecule has 1 heterocycles. The zero-order chi connectivity index (χ0) is 14.9. The van der Waals surface area contributed by atoms with Crippen LogP contribution < -0.4 is 5.32 Å². The van der Waals surface area contributed by atoms with Gasteiger partial charge in [0.1, 0.15) is 12.0 Å². The number of hydrogen-bond acceptors (Lipinski definition) is 5. The highest BCUT2D eigenvalue weighted by atomic mass is 35.5. The Balaban J connectivity index is 2.50. The largest absolute Gasteiger partial charge is 0.332 e. The molecule has 0 radical (unpaired) electrons. The maximum Gasteiger partial charge on any atom is 0.329 e. The summed E-state index contributed by atoms with van der Waals surface area (Å²) in [5.74, 6) is -0.842. The Hall–Kier alpha value is -1.70. The van der Waals surface area contributed by atoms with Crippen molar-refractivity contribution in [3.8, 4) is 0 Å². The Morgan fingerprint density at radius 1 is 1.25 bits per heavy atom. The van der Waals surface area contributed by atoms with E-state index in [1.807, 2.05) is 0 Å². The van der Waals surface area contributed by atoms with Gasteiger partial charge in [-0.05, 0) is 23.7 Å². The van der Waals surface area contributed by atoms with Crippen molar-refractivity contribution in [2.24, 2.45) is 0 Å². The molecule has 0 atom stereocenters. The first-order valence-corrected chi connectivity index (χ1v) is 6.10. The molecular formula is C10H4Cl3FN4O2. The van der Waals surface area contributed by atoms with Crippen LogP contribution in [0.5, 0.6) is 0 Å². The maximum atomic E-state index is 13.1. The number of nitrogens with zero attached hydrogens (tertiary/aromatic N) is 3. The fourth-order valence-corrected chi connectivity index (χ4v) is 2.05. The lowest BCUT2D eigenvalue weighted by molar-refractivity contribution is -0.384. The van der Waals surface area contributed by atoms with Crippen molar-refractivity contribution in [2.75, 3.05) is 5.32 Å². The zero-order valence-electron chi connectivity index (χ0n) is 9.40. The van der Waals surface area contributed by atoms with Crippen molar-refractivity contribution in [2.45, 2.75) is 0 Å². The molecule has 0 aliphatic heterocycles. The summed E-state index contributed by atoms with van der Waals surface area (Å²) in [7, 11) is 0. The van der Waals surface area contributed by atoms with Gasteiger partial charge in [-0.2, -0.15) is 4.98 Å². The Morgan fingerprint density at radius 2 is 1.85 bits per heavy atom. The molecule has 10 heteroatoms.